The van der Waals surface area contributed by atoms with E-state index in [1.165, 1.54) is 0 Å². The van der Waals surface area contributed by atoms with Crippen molar-refractivity contribution in [2.45, 2.75) is 25.9 Å². The first-order valence-electron chi connectivity index (χ1n) is 7.61. The Hall–Kier alpha value is -2.96. The second-order valence-corrected chi connectivity index (χ2v) is 6.16. The molecule has 0 unspecified atom stereocenters. The van der Waals surface area contributed by atoms with Gasteiger partial charge < -0.3 is 14.5 Å². The number of H-pyrrole nitrogens is 1. The van der Waals surface area contributed by atoms with Crippen LogP contribution in [0.1, 0.15) is 29.9 Å². The molecule has 3 rings (SSSR count). The van der Waals surface area contributed by atoms with Crippen molar-refractivity contribution in [1.29, 1.82) is 0 Å². The molecule has 0 radical (unpaired) electrons. The van der Waals surface area contributed by atoms with Crippen LogP contribution in [0.5, 0.6) is 11.5 Å². The van der Waals surface area contributed by atoms with Gasteiger partial charge in [-0.2, -0.15) is 0 Å². The van der Waals surface area contributed by atoms with Gasteiger partial charge in [-0.25, -0.2) is 0 Å². The number of nitrogens with one attached hydrogen (secondary N) is 3. The van der Waals surface area contributed by atoms with Crippen LogP contribution in [0, 0.1) is 0 Å². The van der Waals surface area contributed by atoms with Gasteiger partial charge in [-0.1, -0.05) is 12.1 Å². The molecule has 0 saturated heterocycles. The number of hydrazine groups is 1. The van der Waals surface area contributed by atoms with Crippen molar-refractivity contribution in [1.82, 2.24) is 15.8 Å². The van der Waals surface area contributed by atoms with Crippen LogP contribution in [0.4, 0.5) is 0 Å². The Bertz CT molecular complexity index is 753. The van der Waals surface area contributed by atoms with Gasteiger partial charge in [-0.15, -0.1) is 0 Å². The van der Waals surface area contributed by atoms with E-state index in [0.29, 0.717) is 17.2 Å². The normalized spacial score (nSPS) is 14.4. The van der Waals surface area contributed by atoms with Gasteiger partial charge in [0.2, 0.25) is 0 Å². The van der Waals surface area contributed by atoms with E-state index in [2.05, 4.69) is 15.8 Å². The molecule has 2 heterocycles. The third kappa shape index (κ3) is 3.51. The molecule has 3 N–H and O–H groups in total. The molecule has 0 atom stereocenters. The van der Waals surface area contributed by atoms with E-state index in [0.717, 1.165) is 12.0 Å². The summed E-state index contributed by atoms with van der Waals surface area (Å²) < 4.78 is 11.4. The number of benzene rings is 1. The van der Waals surface area contributed by atoms with Crippen molar-refractivity contribution in [3.05, 3.63) is 47.8 Å². The molecule has 2 amide bonds. The van der Waals surface area contributed by atoms with Gasteiger partial charge in [0.1, 0.15) is 11.3 Å². The van der Waals surface area contributed by atoms with E-state index in [1.54, 1.807) is 24.4 Å². The van der Waals surface area contributed by atoms with Crippen molar-refractivity contribution < 1.29 is 19.1 Å². The summed E-state index contributed by atoms with van der Waals surface area (Å²) in [6.07, 6.45) is 2.41. The maximum atomic E-state index is 11.8. The van der Waals surface area contributed by atoms with Gasteiger partial charge in [-0.05, 0) is 32.0 Å². The summed E-state index contributed by atoms with van der Waals surface area (Å²) in [4.78, 5) is 26.3. The molecular weight excluding hydrogens is 310 g/mol. The van der Waals surface area contributed by atoms with E-state index in [9.17, 15) is 9.59 Å². The molecule has 1 aromatic heterocycles. The lowest BCUT2D eigenvalue weighted by atomic mass is 10.0. The quantitative estimate of drug-likeness (QED) is 0.742. The van der Waals surface area contributed by atoms with Crippen LogP contribution in [0.15, 0.2) is 36.5 Å². The van der Waals surface area contributed by atoms with Gasteiger partial charge in [0.15, 0.2) is 18.1 Å². The molecule has 126 valence electrons. The second-order valence-electron chi connectivity index (χ2n) is 6.16. The Labute approximate surface area is 139 Å². The largest absolute Gasteiger partial charge is 0.483 e. The average Bonchev–Trinajstić information content (AvgIpc) is 3.16. The minimum Gasteiger partial charge on any atom is -0.483 e. The second kappa shape index (κ2) is 6.27. The Kier molecular flexibility index (Phi) is 4.16. The Morgan fingerprint density at radius 1 is 1.25 bits per heavy atom. The van der Waals surface area contributed by atoms with E-state index >= 15 is 0 Å². The van der Waals surface area contributed by atoms with Crippen LogP contribution in [0.3, 0.4) is 0 Å². The first kappa shape index (κ1) is 15.9. The first-order chi connectivity index (χ1) is 11.4. The lowest BCUT2D eigenvalue weighted by molar-refractivity contribution is -0.123. The average molecular weight is 329 g/mol. The molecule has 0 spiro atoms. The Morgan fingerprint density at radius 3 is 2.83 bits per heavy atom. The molecular formula is C17H19N3O4. The molecule has 2 aromatic rings. The van der Waals surface area contributed by atoms with Gasteiger partial charge in [-0.3, -0.25) is 20.4 Å². The number of para-hydroxylation sites is 1. The molecule has 1 aliphatic rings. The van der Waals surface area contributed by atoms with Crippen molar-refractivity contribution in [2.75, 3.05) is 6.61 Å². The van der Waals surface area contributed by atoms with E-state index in [4.69, 9.17) is 9.47 Å². The number of rotatable bonds is 4. The summed E-state index contributed by atoms with van der Waals surface area (Å²) in [5.74, 6) is 0.290. The highest BCUT2D eigenvalue weighted by molar-refractivity contribution is 5.93. The predicted octanol–water partition coefficient (Wildman–Crippen LogP) is 1.57. The number of amides is 2. The van der Waals surface area contributed by atoms with E-state index < -0.39 is 11.8 Å². The van der Waals surface area contributed by atoms with E-state index in [-0.39, 0.29) is 12.2 Å². The monoisotopic (exact) mass is 329 g/mol. The molecule has 0 fully saturated rings. The lowest BCUT2D eigenvalue weighted by Gasteiger charge is -2.18. The first-order valence-corrected chi connectivity index (χ1v) is 7.61. The molecule has 0 aliphatic carbocycles. The van der Waals surface area contributed by atoms with Crippen LogP contribution in [-0.2, 0) is 11.2 Å². The predicted molar refractivity (Wildman–Crippen MR) is 86.7 cm³/mol. The van der Waals surface area contributed by atoms with Gasteiger partial charge in [0.25, 0.3) is 11.8 Å². The summed E-state index contributed by atoms with van der Waals surface area (Å²) in [7, 11) is 0. The smallest absolute Gasteiger partial charge is 0.286 e. The number of aromatic amines is 1. The number of carbonyl (C=O) groups excluding carboxylic acids is 2. The summed E-state index contributed by atoms with van der Waals surface area (Å²) >= 11 is 0. The lowest BCUT2D eigenvalue weighted by Crippen LogP contribution is -2.43. The van der Waals surface area contributed by atoms with Crippen molar-refractivity contribution in [3.63, 3.8) is 0 Å². The third-order valence-electron chi connectivity index (χ3n) is 3.57. The molecule has 7 heteroatoms. The zero-order valence-electron chi connectivity index (χ0n) is 13.5. The van der Waals surface area contributed by atoms with Gasteiger partial charge in [0, 0.05) is 18.2 Å². The Balaban J connectivity index is 1.53. The standard InChI is InChI=1S/C17H19N3O4/c1-17(2)9-11-5-3-7-13(15(11)24-17)23-10-14(21)19-20-16(22)12-6-4-8-18-12/h3-8,18H,9-10H2,1-2H3,(H,19,21)(H,20,22). The van der Waals surface area contributed by atoms with Crippen LogP contribution in [0.25, 0.3) is 0 Å². The van der Waals surface area contributed by atoms with Crippen LogP contribution < -0.4 is 20.3 Å². The van der Waals surface area contributed by atoms with Crippen molar-refractivity contribution >= 4 is 11.8 Å². The minimum atomic E-state index is -0.468. The highest BCUT2D eigenvalue weighted by Gasteiger charge is 2.32. The van der Waals surface area contributed by atoms with Crippen molar-refractivity contribution in [3.8, 4) is 11.5 Å². The number of aromatic nitrogens is 1. The van der Waals surface area contributed by atoms with Crippen LogP contribution >= 0.6 is 0 Å². The maximum absolute atomic E-state index is 11.8. The zero-order valence-corrected chi connectivity index (χ0v) is 13.5. The highest BCUT2D eigenvalue weighted by Crippen LogP contribution is 2.41. The number of hydrogen-bond donors (Lipinski definition) is 3. The maximum Gasteiger partial charge on any atom is 0.286 e. The topological polar surface area (TPSA) is 92.5 Å². The number of fused-ring (bicyclic) bond motifs is 1. The summed E-state index contributed by atoms with van der Waals surface area (Å²) in [5, 5.41) is 0. The summed E-state index contributed by atoms with van der Waals surface area (Å²) in [6, 6.07) is 8.89. The van der Waals surface area contributed by atoms with Crippen LogP contribution in [-0.4, -0.2) is 29.0 Å². The van der Waals surface area contributed by atoms with Crippen LogP contribution in [0.2, 0.25) is 0 Å². The van der Waals surface area contributed by atoms with Gasteiger partial charge in [0.05, 0.1) is 0 Å². The van der Waals surface area contributed by atoms with Gasteiger partial charge >= 0.3 is 0 Å². The minimum absolute atomic E-state index is 0.231. The highest BCUT2D eigenvalue weighted by atomic mass is 16.5. The number of hydrogen-bond acceptors (Lipinski definition) is 4. The molecule has 0 saturated carbocycles. The summed E-state index contributed by atoms with van der Waals surface area (Å²) in [5.41, 5.74) is 5.73. The molecule has 7 nitrogen and oxygen atoms in total. The number of carbonyl (C=O) groups is 2. The number of ether oxygens (including phenoxy) is 2. The molecule has 1 aliphatic heterocycles. The molecule has 0 bridgehead atoms. The Morgan fingerprint density at radius 2 is 2.08 bits per heavy atom. The summed E-state index contributed by atoms with van der Waals surface area (Å²) in [6.45, 7) is 3.77. The fourth-order valence-corrected chi connectivity index (χ4v) is 2.55. The fourth-order valence-electron chi connectivity index (χ4n) is 2.55. The van der Waals surface area contributed by atoms with Crippen molar-refractivity contribution in [2.24, 2.45) is 0 Å². The van der Waals surface area contributed by atoms with E-state index in [1.807, 2.05) is 26.0 Å². The molecule has 24 heavy (non-hydrogen) atoms. The SMILES string of the molecule is CC1(C)Cc2cccc(OCC(=O)NNC(=O)c3ccc[nH]3)c2O1. The third-order valence-corrected chi connectivity index (χ3v) is 3.57. The fraction of sp³-hybridized carbons (Fsp3) is 0.294. The zero-order chi connectivity index (χ0) is 17.2. The molecule has 1 aromatic carbocycles.